The first-order valence-corrected chi connectivity index (χ1v) is 6.69. The van der Waals surface area contributed by atoms with Crippen molar-refractivity contribution in [2.75, 3.05) is 21.3 Å². The number of hydrogen-bond acceptors (Lipinski definition) is 4. The molecule has 1 aliphatic rings. The molecular formula is C16H19NO4. The van der Waals surface area contributed by atoms with Crippen LogP contribution >= 0.6 is 0 Å². The first-order chi connectivity index (χ1) is 9.99. The van der Waals surface area contributed by atoms with Gasteiger partial charge in [0.1, 0.15) is 5.75 Å². The number of esters is 1. The zero-order chi connectivity index (χ0) is 15.6. The lowest BCUT2D eigenvalue weighted by Gasteiger charge is -2.31. The van der Waals surface area contributed by atoms with Crippen LogP contribution in [0, 0.1) is 0 Å². The predicted octanol–water partition coefficient (Wildman–Crippen LogP) is 2.09. The number of amides is 1. The van der Waals surface area contributed by atoms with Crippen molar-refractivity contribution >= 4 is 11.9 Å². The van der Waals surface area contributed by atoms with E-state index in [1.54, 1.807) is 21.1 Å². The molecule has 21 heavy (non-hydrogen) atoms. The minimum absolute atomic E-state index is 0.0130. The van der Waals surface area contributed by atoms with Gasteiger partial charge in [0.25, 0.3) is 0 Å². The summed E-state index contributed by atoms with van der Waals surface area (Å²) in [6.07, 6.45) is 0.255. The molecule has 1 amide bonds. The van der Waals surface area contributed by atoms with Gasteiger partial charge >= 0.3 is 5.97 Å². The van der Waals surface area contributed by atoms with Crippen LogP contribution in [-0.4, -0.2) is 38.0 Å². The number of carbonyl (C=O) groups is 2. The van der Waals surface area contributed by atoms with Crippen molar-refractivity contribution in [1.29, 1.82) is 0 Å². The van der Waals surface area contributed by atoms with Gasteiger partial charge in [-0.1, -0.05) is 12.1 Å². The lowest BCUT2D eigenvalue weighted by molar-refractivity contribution is -0.137. The molecule has 0 fully saturated rings. The maximum Gasteiger partial charge on any atom is 0.336 e. The van der Waals surface area contributed by atoms with Crippen LogP contribution in [0.4, 0.5) is 0 Å². The average molecular weight is 289 g/mol. The number of rotatable bonds is 3. The Balaban J connectivity index is 2.48. The standard InChI is InChI=1S/C16H19NO4/c1-10-15(16(19)21-4)13(9-14(18)17(10)2)11-5-7-12(20-3)8-6-11/h5-8,13H,9H2,1-4H3/t13-/m0/s1. The number of nitrogens with zero attached hydrogens (tertiary/aromatic N) is 1. The Morgan fingerprint density at radius 1 is 1.24 bits per heavy atom. The van der Waals surface area contributed by atoms with Crippen molar-refractivity contribution in [3.8, 4) is 5.75 Å². The van der Waals surface area contributed by atoms with Gasteiger partial charge in [-0.15, -0.1) is 0 Å². The summed E-state index contributed by atoms with van der Waals surface area (Å²) < 4.78 is 10.0. The highest BCUT2D eigenvalue weighted by Gasteiger charge is 2.35. The molecule has 0 saturated carbocycles. The SMILES string of the molecule is COC(=O)C1=C(C)N(C)C(=O)C[C@H]1c1ccc(OC)cc1. The Kier molecular flexibility index (Phi) is 4.31. The molecule has 0 radical (unpaired) electrons. The molecule has 2 rings (SSSR count). The van der Waals surface area contributed by atoms with E-state index in [9.17, 15) is 9.59 Å². The van der Waals surface area contributed by atoms with Gasteiger partial charge in [-0.3, -0.25) is 4.79 Å². The van der Waals surface area contributed by atoms with Gasteiger partial charge < -0.3 is 14.4 Å². The molecule has 0 spiro atoms. The Morgan fingerprint density at radius 2 is 1.86 bits per heavy atom. The van der Waals surface area contributed by atoms with Crippen molar-refractivity contribution in [2.24, 2.45) is 0 Å². The second-order valence-electron chi connectivity index (χ2n) is 4.97. The Morgan fingerprint density at radius 3 is 2.38 bits per heavy atom. The van der Waals surface area contributed by atoms with E-state index in [0.717, 1.165) is 11.3 Å². The van der Waals surface area contributed by atoms with Crippen molar-refractivity contribution in [2.45, 2.75) is 19.3 Å². The Bertz CT molecular complexity index is 589. The molecule has 112 valence electrons. The van der Waals surface area contributed by atoms with Gasteiger partial charge in [0, 0.05) is 25.1 Å². The summed E-state index contributed by atoms with van der Waals surface area (Å²) in [5.41, 5.74) is 2.07. The van der Waals surface area contributed by atoms with Gasteiger partial charge in [0.05, 0.1) is 19.8 Å². The Labute approximate surface area is 124 Å². The molecule has 1 atom stereocenters. The Hall–Kier alpha value is -2.30. The van der Waals surface area contributed by atoms with Crippen LogP contribution < -0.4 is 4.74 Å². The van der Waals surface area contributed by atoms with Gasteiger partial charge in [0.15, 0.2) is 0 Å². The first kappa shape index (κ1) is 15.1. The van der Waals surface area contributed by atoms with E-state index < -0.39 is 5.97 Å². The van der Waals surface area contributed by atoms with Crippen LogP contribution in [0.2, 0.25) is 0 Å². The summed E-state index contributed by atoms with van der Waals surface area (Å²) >= 11 is 0. The highest BCUT2D eigenvalue weighted by atomic mass is 16.5. The van der Waals surface area contributed by atoms with Crippen molar-refractivity contribution in [3.63, 3.8) is 0 Å². The van der Waals surface area contributed by atoms with Crippen LogP contribution in [0.15, 0.2) is 35.5 Å². The van der Waals surface area contributed by atoms with Crippen LogP contribution in [0.1, 0.15) is 24.8 Å². The number of allylic oxidation sites excluding steroid dienone is 1. The van der Waals surface area contributed by atoms with E-state index in [2.05, 4.69) is 0 Å². The maximum atomic E-state index is 12.1. The number of ether oxygens (including phenoxy) is 2. The van der Waals surface area contributed by atoms with E-state index >= 15 is 0 Å². The quantitative estimate of drug-likeness (QED) is 0.800. The summed E-state index contributed by atoms with van der Waals surface area (Å²) in [6, 6.07) is 7.39. The van der Waals surface area contributed by atoms with Crippen LogP contribution in [0.5, 0.6) is 5.75 Å². The summed E-state index contributed by atoms with van der Waals surface area (Å²) in [6.45, 7) is 1.76. The number of hydrogen-bond donors (Lipinski definition) is 0. The van der Waals surface area contributed by atoms with E-state index in [1.807, 2.05) is 24.3 Å². The monoisotopic (exact) mass is 289 g/mol. The van der Waals surface area contributed by atoms with Crippen molar-refractivity contribution in [3.05, 3.63) is 41.1 Å². The average Bonchev–Trinajstić information content (AvgIpc) is 2.51. The smallest absolute Gasteiger partial charge is 0.336 e. The van der Waals surface area contributed by atoms with Gasteiger partial charge in [-0.05, 0) is 24.6 Å². The second kappa shape index (κ2) is 5.99. The van der Waals surface area contributed by atoms with E-state index in [4.69, 9.17) is 9.47 Å². The number of carbonyl (C=O) groups excluding carboxylic acids is 2. The third-order valence-electron chi connectivity index (χ3n) is 3.92. The fraction of sp³-hybridized carbons (Fsp3) is 0.375. The zero-order valence-electron chi connectivity index (χ0n) is 12.7. The topological polar surface area (TPSA) is 55.8 Å². The first-order valence-electron chi connectivity index (χ1n) is 6.69. The molecule has 0 aliphatic carbocycles. The molecule has 0 saturated heterocycles. The third kappa shape index (κ3) is 2.77. The molecule has 0 bridgehead atoms. The summed E-state index contributed by atoms with van der Waals surface area (Å²) in [5.74, 6) is 0.0408. The molecule has 1 aliphatic heterocycles. The maximum absolute atomic E-state index is 12.1. The minimum atomic E-state index is -0.396. The fourth-order valence-corrected chi connectivity index (χ4v) is 2.55. The number of methoxy groups -OCH3 is 2. The molecule has 0 unspecified atom stereocenters. The molecule has 1 aromatic carbocycles. The lowest BCUT2D eigenvalue weighted by Crippen LogP contribution is -2.35. The molecule has 5 nitrogen and oxygen atoms in total. The van der Waals surface area contributed by atoms with Crippen LogP contribution in [-0.2, 0) is 14.3 Å². The zero-order valence-corrected chi connectivity index (χ0v) is 12.7. The highest BCUT2D eigenvalue weighted by molar-refractivity contribution is 5.95. The van der Waals surface area contributed by atoms with Crippen molar-refractivity contribution < 1.29 is 19.1 Å². The number of benzene rings is 1. The lowest BCUT2D eigenvalue weighted by atomic mass is 9.84. The van der Waals surface area contributed by atoms with E-state index in [0.29, 0.717) is 11.3 Å². The molecular weight excluding hydrogens is 270 g/mol. The van der Waals surface area contributed by atoms with E-state index in [1.165, 1.54) is 12.0 Å². The van der Waals surface area contributed by atoms with Crippen LogP contribution in [0.25, 0.3) is 0 Å². The normalized spacial score (nSPS) is 18.8. The third-order valence-corrected chi connectivity index (χ3v) is 3.92. The van der Waals surface area contributed by atoms with Gasteiger partial charge in [-0.2, -0.15) is 0 Å². The highest BCUT2D eigenvalue weighted by Crippen LogP contribution is 2.36. The van der Waals surface area contributed by atoms with Gasteiger partial charge in [0.2, 0.25) is 5.91 Å². The largest absolute Gasteiger partial charge is 0.497 e. The molecule has 1 heterocycles. The molecule has 0 N–H and O–H groups in total. The second-order valence-corrected chi connectivity index (χ2v) is 4.97. The van der Waals surface area contributed by atoms with Crippen LogP contribution in [0.3, 0.4) is 0 Å². The fourth-order valence-electron chi connectivity index (χ4n) is 2.55. The van der Waals surface area contributed by atoms with Crippen molar-refractivity contribution in [1.82, 2.24) is 4.90 Å². The minimum Gasteiger partial charge on any atom is -0.497 e. The molecule has 0 aromatic heterocycles. The summed E-state index contributed by atoms with van der Waals surface area (Å²) in [5, 5.41) is 0. The predicted molar refractivity (Wildman–Crippen MR) is 77.8 cm³/mol. The van der Waals surface area contributed by atoms with Gasteiger partial charge in [-0.25, -0.2) is 4.79 Å². The summed E-state index contributed by atoms with van der Waals surface area (Å²) in [7, 11) is 4.62. The van der Waals surface area contributed by atoms with E-state index in [-0.39, 0.29) is 18.2 Å². The summed E-state index contributed by atoms with van der Waals surface area (Å²) in [4.78, 5) is 25.7. The molecule has 5 heteroatoms. The molecule has 1 aromatic rings.